The molecule has 6 heteroatoms. The van der Waals surface area contributed by atoms with Crippen molar-refractivity contribution in [3.8, 4) is 0 Å². The molecular formula is C10H16N2O2S2. The van der Waals surface area contributed by atoms with Gasteiger partial charge in [-0.3, -0.25) is 4.79 Å². The Hall–Kier alpha value is -0.620. The zero-order valence-electron chi connectivity index (χ0n) is 9.42. The van der Waals surface area contributed by atoms with Gasteiger partial charge in [-0.15, -0.1) is 0 Å². The van der Waals surface area contributed by atoms with Crippen LogP contribution in [0.4, 0.5) is 0 Å². The van der Waals surface area contributed by atoms with Gasteiger partial charge in [0, 0.05) is 24.2 Å². The van der Waals surface area contributed by atoms with Crippen LogP contribution in [0.3, 0.4) is 0 Å². The fourth-order valence-electron chi connectivity index (χ4n) is 1.40. The summed E-state index contributed by atoms with van der Waals surface area (Å²) in [6.07, 6.45) is 6.75. The van der Waals surface area contributed by atoms with E-state index >= 15 is 0 Å². The first kappa shape index (κ1) is 13.4. The molecule has 16 heavy (non-hydrogen) atoms. The lowest BCUT2D eigenvalue weighted by molar-refractivity contribution is -0.133. The number of rotatable bonds is 7. The van der Waals surface area contributed by atoms with E-state index < -0.39 is 5.97 Å². The van der Waals surface area contributed by atoms with Gasteiger partial charge in [0.05, 0.1) is 5.75 Å². The van der Waals surface area contributed by atoms with Gasteiger partial charge in [-0.25, -0.2) is 4.98 Å². The van der Waals surface area contributed by atoms with Crippen molar-refractivity contribution in [1.29, 1.82) is 0 Å². The molecule has 1 aromatic rings. The van der Waals surface area contributed by atoms with Gasteiger partial charge in [-0.2, -0.15) is 11.8 Å². The highest BCUT2D eigenvalue weighted by Crippen LogP contribution is 2.24. The minimum atomic E-state index is -0.808. The molecule has 1 atom stereocenters. The van der Waals surface area contributed by atoms with E-state index in [0.717, 1.165) is 17.3 Å². The van der Waals surface area contributed by atoms with Gasteiger partial charge in [0.15, 0.2) is 5.16 Å². The molecule has 0 bridgehead atoms. The first-order chi connectivity index (χ1) is 7.69. The highest BCUT2D eigenvalue weighted by atomic mass is 32.2. The van der Waals surface area contributed by atoms with Gasteiger partial charge in [-0.05, 0) is 12.7 Å². The van der Waals surface area contributed by atoms with Crippen LogP contribution in [0.15, 0.2) is 17.6 Å². The fourth-order valence-corrected chi connectivity index (χ4v) is 2.93. The summed E-state index contributed by atoms with van der Waals surface area (Å²) in [5.74, 6) is 0.276. The SMILES string of the molecule is CCC(CSC)n1ccnc1SCC(=O)O. The zero-order chi connectivity index (χ0) is 12.0. The molecule has 1 rings (SSSR count). The molecule has 1 aromatic heterocycles. The van der Waals surface area contributed by atoms with Crippen LogP contribution in [-0.2, 0) is 4.79 Å². The Bertz CT molecular complexity index is 341. The van der Waals surface area contributed by atoms with Gasteiger partial charge in [0.1, 0.15) is 0 Å². The lowest BCUT2D eigenvalue weighted by atomic mass is 10.2. The van der Waals surface area contributed by atoms with Crippen molar-refractivity contribution in [3.05, 3.63) is 12.4 Å². The summed E-state index contributed by atoms with van der Waals surface area (Å²) < 4.78 is 2.07. The zero-order valence-corrected chi connectivity index (χ0v) is 11.1. The Morgan fingerprint density at radius 2 is 2.44 bits per heavy atom. The second kappa shape index (κ2) is 6.85. The second-order valence-corrected chi connectivity index (χ2v) is 5.17. The smallest absolute Gasteiger partial charge is 0.313 e. The summed E-state index contributed by atoms with van der Waals surface area (Å²) in [5, 5.41) is 9.44. The highest BCUT2D eigenvalue weighted by Gasteiger charge is 2.13. The Morgan fingerprint density at radius 1 is 1.69 bits per heavy atom. The summed E-state index contributed by atoms with van der Waals surface area (Å²) in [6, 6.07) is 0.397. The summed E-state index contributed by atoms with van der Waals surface area (Å²) in [6.45, 7) is 2.13. The molecule has 1 heterocycles. The van der Waals surface area contributed by atoms with Crippen LogP contribution in [0.25, 0.3) is 0 Å². The number of thioether (sulfide) groups is 2. The number of carboxylic acids is 1. The standard InChI is InChI=1S/C10H16N2O2S2/c1-3-8(6-15-2)12-5-4-11-10(12)16-7-9(13)14/h4-5,8H,3,6-7H2,1-2H3,(H,13,14). The third-order valence-electron chi connectivity index (χ3n) is 2.18. The molecule has 1 N–H and O–H groups in total. The molecule has 0 spiro atoms. The van der Waals surface area contributed by atoms with Gasteiger partial charge in [-0.1, -0.05) is 18.7 Å². The summed E-state index contributed by atoms with van der Waals surface area (Å²) in [7, 11) is 0. The van der Waals surface area contributed by atoms with Crippen molar-refractivity contribution < 1.29 is 9.90 Å². The number of aliphatic carboxylic acids is 1. The molecule has 0 radical (unpaired) electrons. The average molecular weight is 260 g/mol. The Kier molecular flexibility index (Phi) is 5.76. The van der Waals surface area contributed by atoms with E-state index in [2.05, 4.69) is 22.7 Å². The van der Waals surface area contributed by atoms with E-state index in [9.17, 15) is 4.79 Å². The number of aromatic nitrogens is 2. The van der Waals surface area contributed by atoms with Crippen LogP contribution in [0.2, 0.25) is 0 Å². The third-order valence-corrected chi connectivity index (χ3v) is 3.87. The summed E-state index contributed by atoms with van der Waals surface area (Å²) >= 11 is 3.07. The molecular weight excluding hydrogens is 244 g/mol. The number of hydrogen-bond acceptors (Lipinski definition) is 4. The van der Waals surface area contributed by atoms with E-state index in [-0.39, 0.29) is 5.75 Å². The monoisotopic (exact) mass is 260 g/mol. The molecule has 0 saturated heterocycles. The van der Waals surface area contributed by atoms with Crippen LogP contribution in [-0.4, -0.2) is 38.4 Å². The van der Waals surface area contributed by atoms with E-state index in [0.29, 0.717) is 6.04 Å². The highest BCUT2D eigenvalue weighted by molar-refractivity contribution is 7.99. The van der Waals surface area contributed by atoms with Crippen LogP contribution >= 0.6 is 23.5 Å². The number of nitrogens with zero attached hydrogens (tertiary/aromatic N) is 2. The molecule has 4 nitrogen and oxygen atoms in total. The van der Waals surface area contributed by atoms with Gasteiger partial charge < -0.3 is 9.67 Å². The van der Waals surface area contributed by atoms with Crippen LogP contribution in [0.1, 0.15) is 19.4 Å². The average Bonchev–Trinajstić information content (AvgIpc) is 2.71. The maximum atomic E-state index is 10.5. The number of imidazole rings is 1. The molecule has 90 valence electrons. The van der Waals surface area contributed by atoms with Crippen molar-refractivity contribution in [2.24, 2.45) is 0 Å². The Morgan fingerprint density at radius 3 is 3.00 bits per heavy atom. The van der Waals surface area contributed by atoms with Crippen molar-refractivity contribution >= 4 is 29.5 Å². The van der Waals surface area contributed by atoms with Gasteiger partial charge >= 0.3 is 5.97 Å². The molecule has 0 fully saturated rings. The lowest BCUT2D eigenvalue weighted by Gasteiger charge is -2.17. The Balaban J connectivity index is 2.71. The fraction of sp³-hybridized carbons (Fsp3) is 0.600. The molecule has 0 amide bonds. The number of hydrogen-bond donors (Lipinski definition) is 1. The minimum absolute atomic E-state index is 0.0622. The lowest BCUT2D eigenvalue weighted by Crippen LogP contribution is -2.11. The van der Waals surface area contributed by atoms with Gasteiger partial charge in [0.25, 0.3) is 0 Å². The summed E-state index contributed by atoms with van der Waals surface area (Å²) in [4.78, 5) is 14.7. The van der Waals surface area contributed by atoms with Crippen LogP contribution in [0, 0.1) is 0 Å². The normalized spacial score (nSPS) is 12.6. The topological polar surface area (TPSA) is 55.1 Å². The Labute approximate surface area is 104 Å². The second-order valence-electron chi connectivity index (χ2n) is 3.32. The van der Waals surface area contributed by atoms with Gasteiger partial charge in [0.2, 0.25) is 0 Å². The van der Waals surface area contributed by atoms with E-state index in [1.807, 2.05) is 6.20 Å². The largest absolute Gasteiger partial charge is 0.481 e. The predicted octanol–water partition coefficient (Wildman–Crippen LogP) is 2.37. The molecule has 0 aliphatic carbocycles. The maximum Gasteiger partial charge on any atom is 0.313 e. The van der Waals surface area contributed by atoms with Crippen molar-refractivity contribution in [2.75, 3.05) is 17.8 Å². The van der Waals surface area contributed by atoms with E-state index in [1.54, 1.807) is 18.0 Å². The quantitative estimate of drug-likeness (QED) is 0.763. The predicted molar refractivity (Wildman–Crippen MR) is 68.3 cm³/mol. The maximum absolute atomic E-state index is 10.5. The minimum Gasteiger partial charge on any atom is -0.481 e. The number of carboxylic acid groups (broad SMARTS) is 1. The summed E-state index contributed by atoms with van der Waals surface area (Å²) in [5.41, 5.74) is 0. The van der Waals surface area contributed by atoms with Crippen LogP contribution < -0.4 is 0 Å². The first-order valence-corrected chi connectivity index (χ1v) is 7.43. The molecule has 0 saturated carbocycles. The van der Waals surface area contributed by atoms with E-state index in [4.69, 9.17) is 5.11 Å². The third kappa shape index (κ3) is 3.75. The molecule has 1 unspecified atom stereocenters. The van der Waals surface area contributed by atoms with Crippen LogP contribution in [0.5, 0.6) is 0 Å². The van der Waals surface area contributed by atoms with E-state index in [1.165, 1.54) is 11.8 Å². The molecule has 0 aliphatic heterocycles. The van der Waals surface area contributed by atoms with Crippen molar-refractivity contribution in [2.45, 2.75) is 24.5 Å². The molecule has 0 aliphatic rings. The number of carbonyl (C=O) groups is 1. The molecule has 0 aromatic carbocycles. The first-order valence-electron chi connectivity index (χ1n) is 5.05. The van der Waals surface area contributed by atoms with Crippen molar-refractivity contribution in [1.82, 2.24) is 9.55 Å². The van der Waals surface area contributed by atoms with Crippen molar-refractivity contribution in [3.63, 3.8) is 0 Å².